The van der Waals surface area contributed by atoms with Crippen LogP contribution < -0.4 is 10.6 Å². The first-order valence-electron chi connectivity index (χ1n) is 7.39. The fourth-order valence-corrected chi connectivity index (χ4v) is 3.42. The SMILES string of the molecule is CCC(CC)NC(=O)CN1CC2CNCC2C1C. The summed E-state index contributed by atoms with van der Waals surface area (Å²) in [5.74, 6) is 1.69. The first-order chi connectivity index (χ1) is 8.65. The van der Waals surface area contributed by atoms with Crippen molar-refractivity contribution in [2.75, 3.05) is 26.2 Å². The molecule has 2 saturated heterocycles. The zero-order valence-corrected chi connectivity index (χ0v) is 11.9. The Kier molecular flexibility index (Phi) is 4.62. The van der Waals surface area contributed by atoms with Crippen LogP contribution in [0.1, 0.15) is 33.6 Å². The molecular weight excluding hydrogens is 226 g/mol. The molecule has 0 aromatic carbocycles. The molecule has 2 aliphatic rings. The van der Waals surface area contributed by atoms with E-state index in [2.05, 4.69) is 36.3 Å². The lowest BCUT2D eigenvalue weighted by Gasteiger charge is -2.24. The molecule has 2 fully saturated rings. The van der Waals surface area contributed by atoms with Crippen molar-refractivity contribution in [3.05, 3.63) is 0 Å². The number of carbonyl (C=O) groups excluding carboxylic acids is 1. The van der Waals surface area contributed by atoms with Gasteiger partial charge >= 0.3 is 0 Å². The minimum absolute atomic E-state index is 0.198. The molecule has 1 amide bonds. The fourth-order valence-electron chi connectivity index (χ4n) is 3.42. The fraction of sp³-hybridized carbons (Fsp3) is 0.929. The van der Waals surface area contributed by atoms with E-state index < -0.39 is 0 Å². The van der Waals surface area contributed by atoms with Crippen molar-refractivity contribution in [1.29, 1.82) is 0 Å². The summed E-state index contributed by atoms with van der Waals surface area (Å²) in [6.45, 7) is 10.4. The normalized spacial score (nSPS) is 31.9. The summed E-state index contributed by atoms with van der Waals surface area (Å²) in [4.78, 5) is 14.4. The smallest absolute Gasteiger partial charge is 0.234 e. The molecule has 0 aromatic heterocycles. The van der Waals surface area contributed by atoms with E-state index in [1.165, 1.54) is 0 Å². The molecule has 2 aliphatic heterocycles. The van der Waals surface area contributed by atoms with Gasteiger partial charge in [-0.1, -0.05) is 13.8 Å². The maximum atomic E-state index is 12.0. The van der Waals surface area contributed by atoms with Crippen molar-refractivity contribution in [3.63, 3.8) is 0 Å². The molecule has 0 aliphatic carbocycles. The number of amides is 1. The zero-order chi connectivity index (χ0) is 13.1. The van der Waals surface area contributed by atoms with E-state index in [1.807, 2.05) is 0 Å². The number of likely N-dealkylation sites (tertiary alicyclic amines) is 1. The van der Waals surface area contributed by atoms with Crippen LogP contribution in [-0.2, 0) is 4.79 Å². The molecule has 0 radical (unpaired) electrons. The van der Waals surface area contributed by atoms with Gasteiger partial charge in [-0.2, -0.15) is 0 Å². The first kappa shape index (κ1) is 13.8. The molecule has 2 heterocycles. The number of nitrogens with one attached hydrogen (secondary N) is 2. The van der Waals surface area contributed by atoms with Crippen LogP contribution in [0, 0.1) is 11.8 Å². The molecule has 4 heteroatoms. The van der Waals surface area contributed by atoms with Gasteiger partial charge in [0, 0.05) is 18.6 Å². The van der Waals surface area contributed by atoms with Gasteiger partial charge in [0.2, 0.25) is 5.91 Å². The van der Waals surface area contributed by atoms with Crippen LogP contribution in [0.4, 0.5) is 0 Å². The largest absolute Gasteiger partial charge is 0.352 e. The number of rotatable bonds is 5. The van der Waals surface area contributed by atoms with Gasteiger partial charge in [0.1, 0.15) is 0 Å². The Morgan fingerprint density at radius 1 is 1.39 bits per heavy atom. The second kappa shape index (κ2) is 6.02. The molecule has 3 atom stereocenters. The quantitative estimate of drug-likeness (QED) is 0.763. The topological polar surface area (TPSA) is 44.4 Å². The minimum atomic E-state index is 0.198. The second-order valence-electron chi connectivity index (χ2n) is 5.83. The van der Waals surface area contributed by atoms with E-state index in [0.717, 1.165) is 44.3 Å². The number of hydrogen-bond acceptors (Lipinski definition) is 3. The maximum absolute atomic E-state index is 12.0. The van der Waals surface area contributed by atoms with Crippen molar-refractivity contribution < 1.29 is 4.79 Å². The first-order valence-corrected chi connectivity index (χ1v) is 7.39. The van der Waals surface area contributed by atoms with Gasteiger partial charge in [-0.15, -0.1) is 0 Å². The van der Waals surface area contributed by atoms with Crippen LogP contribution in [0.25, 0.3) is 0 Å². The summed E-state index contributed by atoms with van der Waals surface area (Å²) in [7, 11) is 0. The van der Waals surface area contributed by atoms with Crippen LogP contribution in [0.5, 0.6) is 0 Å². The molecule has 0 saturated carbocycles. The Balaban J connectivity index is 1.81. The van der Waals surface area contributed by atoms with E-state index in [0.29, 0.717) is 18.6 Å². The van der Waals surface area contributed by atoms with Gasteiger partial charge in [-0.3, -0.25) is 9.69 Å². The van der Waals surface area contributed by atoms with Gasteiger partial charge in [-0.25, -0.2) is 0 Å². The molecule has 0 spiro atoms. The Labute approximate surface area is 110 Å². The average molecular weight is 253 g/mol. The van der Waals surface area contributed by atoms with E-state index in [1.54, 1.807) is 0 Å². The molecular formula is C14H27N3O. The van der Waals surface area contributed by atoms with E-state index in [9.17, 15) is 4.79 Å². The Morgan fingerprint density at radius 2 is 2.11 bits per heavy atom. The third-order valence-electron chi connectivity index (χ3n) is 4.75. The molecule has 2 N–H and O–H groups in total. The summed E-state index contributed by atoms with van der Waals surface area (Å²) < 4.78 is 0. The van der Waals surface area contributed by atoms with Gasteiger partial charge < -0.3 is 10.6 Å². The van der Waals surface area contributed by atoms with Crippen LogP contribution in [0.3, 0.4) is 0 Å². The third-order valence-corrected chi connectivity index (χ3v) is 4.75. The van der Waals surface area contributed by atoms with Crippen molar-refractivity contribution in [2.24, 2.45) is 11.8 Å². The summed E-state index contributed by atoms with van der Waals surface area (Å²) in [6.07, 6.45) is 2.04. The van der Waals surface area contributed by atoms with Crippen molar-refractivity contribution in [2.45, 2.75) is 45.7 Å². The number of nitrogens with zero attached hydrogens (tertiary/aromatic N) is 1. The highest BCUT2D eigenvalue weighted by Crippen LogP contribution is 2.31. The predicted octanol–water partition coefficient (Wildman–Crippen LogP) is 0.831. The van der Waals surface area contributed by atoms with Crippen LogP contribution in [0.2, 0.25) is 0 Å². The standard InChI is InChI=1S/C14H27N3O/c1-4-12(5-2)16-14(18)9-17-8-11-6-15-7-13(11)10(17)3/h10-13,15H,4-9H2,1-3H3,(H,16,18). The Bertz CT molecular complexity index is 291. The lowest BCUT2D eigenvalue weighted by atomic mass is 9.95. The highest BCUT2D eigenvalue weighted by Gasteiger charge is 2.42. The van der Waals surface area contributed by atoms with Crippen molar-refractivity contribution in [3.8, 4) is 0 Å². The highest BCUT2D eigenvalue weighted by molar-refractivity contribution is 5.78. The van der Waals surface area contributed by atoms with E-state index >= 15 is 0 Å². The van der Waals surface area contributed by atoms with Gasteiger partial charge in [0.15, 0.2) is 0 Å². The molecule has 2 rings (SSSR count). The second-order valence-corrected chi connectivity index (χ2v) is 5.83. The van der Waals surface area contributed by atoms with Crippen molar-refractivity contribution >= 4 is 5.91 Å². The lowest BCUT2D eigenvalue weighted by molar-refractivity contribution is -0.123. The Morgan fingerprint density at radius 3 is 2.72 bits per heavy atom. The third kappa shape index (κ3) is 2.86. The van der Waals surface area contributed by atoms with Crippen molar-refractivity contribution in [1.82, 2.24) is 15.5 Å². The number of hydrogen-bond donors (Lipinski definition) is 2. The highest BCUT2D eigenvalue weighted by atomic mass is 16.2. The lowest BCUT2D eigenvalue weighted by Crippen LogP contribution is -2.44. The molecule has 4 nitrogen and oxygen atoms in total. The zero-order valence-electron chi connectivity index (χ0n) is 11.9. The summed E-state index contributed by atoms with van der Waals surface area (Å²) >= 11 is 0. The maximum Gasteiger partial charge on any atom is 0.234 e. The van der Waals surface area contributed by atoms with Gasteiger partial charge in [0.05, 0.1) is 6.54 Å². The summed E-state index contributed by atoms with van der Waals surface area (Å²) in [5.41, 5.74) is 0. The molecule has 0 bridgehead atoms. The molecule has 0 aromatic rings. The average Bonchev–Trinajstić information content (AvgIpc) is 2.91. The van der Waals surface area contributed by atoms with E-state index in [-0.39, 0.29) is 5.91 Å². The summed E-state index contributed by atoms with van der Waals surface area (Å²) in [5, 5.41) is 6.59. The molecule has 3 unspecified atom stereocenters. The summed E-state index contributed by atoms with van der Waals surface area (Å²) in [6, 6.07) is 0.883. The van der Waals surface area contributed by atoms with Crippen LogP contribution >= 0.6 is 0 Å². The minimum Gasteiger partial charge on any atom is -0.352 e. The van der Waals surface area contributed by atoms with E-state index in [4.69, 9.17) is 0 Å². The molecule has 18 heavy (non-hydrogen) atoms. The van der Waals surface area contributed by atoms with Crippen LogP contribution in [-0.4, -0.2) is 49.1 Å². The van der Waals surface area contributed by atoms with Crippen LogP contribution in [0.15, 0.2) is 0 Å². The number of fused-ring (bicyclic) bond motifs is 1. The predicted molar refractivity (Wildman–Crippen MR) is 73.4 cm³/mol. The molecule has 104 valence electrons. The number of carbonyl (C=O) groups is 1. The van der Waals surface area contributed by atoms with Gasteiger partial charge in [0.25, 0.3) is 0 Å². The Hall–Kier alpha value is -0.610. The monoisotopic (exact) mass is 253 g/mol. The van der Waals surface area contributed by atoms with Gasteiger partial charge in [-0.05, 0) is 44.7 Å².